The van der Waals surface area contributed by atoms with E-state index in [1.165, 1.54) is 14.0 Å². The lowest BCUT2D eigenvalue weighted by Crippen LogP contribution is -2.32. The minimum Gasteiger partial charge on any atom is -0.466 e. The van der Waals surface area contributed by atoms with E-state index in [2.05, 4.69) is 5.32 Å². The molecule has 0 amide bonds. The van der Waals surface area contributed by atoms with Crippen LogP contribution in [0.3, 0.4) is 0 Å². The number of fused-ring (bicyclic) bond motifs is 1. The highest BCUT2D eigenvalue weighted by Gasteiger charge is 2.39. The van der Waals surface area contributed by atoms with Crippen LogP contribution in [0, 0.1) is 6.92 Å². The second kappa shape index (κ2) is 11.4. The molecule has 2 heterocycles. The highest BCUT2D eigenvalue weighted by molar-refractivity contribution is 6.01. The fourth-order valence-electron chi connectivity index (χ4n) is 4.78. The Balaban J connectivity index is 1.94. The van der Waals surface area contributed by atoms with E-state index in [9.17, 15) is 19.2 Å². The number of allylic oxidation sites excluding steroid dienone is 2. The Labute approximate surface area is 225 Å². The predicted molar refractivity (Wildman–Crippen MR) is 144 cm³/mol. The number of ether oxygens (including phenoxy) is 3. The number of benzene rings is 2. The molecule has 0 saturated carbocycles. The lowest BCUT2D eigenvalue weighted by molar-refractivity contribution is -0.148. The fraction of sp³-hybridized carbons (Fsp3) is 0.267. The third-order valence-corrected chi connectivity index (χ3v) is 6.53. The Kier molecular flexibility index (Phi) is 7.99. The average Bonchev–Trinajstić information content (AvgIpc) is 2.92. The van der Waals surface area contributed by atoms with Crippen molar-refractivity contribution in [1.82, 2.24) is 5.32 Å². The first-order chi connectivity index (χ1) is 18.6. The molecule has 0 radical (unpaired) electrons. The summed E-state index contributed by atoms with van der Waals surface area (Å²) in [6.45, 7) is 6.05. The number of dihydropyridines is 1. The van der Waals surface area contributed by atoms with Gasteiger partial charge < -0.3 is 23.9 Å². The van der Waals surface area contributed by atoms with Gasteiger partial charge in [-0.3, -0.25) is 9.59 Å². The van der Waals surface area contributed by atoms with Crippen LogP contribution in [-0.2, 0) is 28.6 Å². The minimum atomic E-state index is -0.974. The molecule has 9 nitrogen and oxygen atoms in total. The lowest BCUT2D eigenvalue weighted by Gasteiger charge is -2.30. The van der Waals surface area contributed by atoms with Crippen LogP contribution < -0.4 is 10.7 Å². The molecule has 4 rings (SSSR count). The third-order valence-electron chi connectivity index (χ3n) is 6.53. The van der Waals surface area contributed by atoms with Crippen LogP contribution in [0.2, 0.25) is 0 Å². The molecule has 202 valence electrons. The van der Waals surface area contributed by atoms with Crippen LogP contribution in [0.15, 0.2) is 80.3 Å². The smallest absolute Gasteiger partial charge is 0.336 e. The van der Waals surface area contributed by atoms with Crippen molar-refractivity contribution in [3.63, 3.8) is 0 Å². The zero-order valence-electron chi connectivity index (χ0n) is 22.4. The van der Waals surface area contributed by atoms with Gasteiger partial charge in [0.15, 0.2) is 5.43 Å². The van der Waals surface area contributed by atoms with Gasteiger partial charge in [0.1, 0.15) is 24.6 Å². The predicted octanol–water partition coefficient (Wildman–Crippen LogP) is 4.28. The number of methoxy groups -OCH3 is 1. The van der Waals surface area contributed by atoms with Crippen molar-refractivity contribution in [3.05, 3.63) is 92.4 Å². The molecule has 0 spiro atoms. The van der Waals surface area contributed by atoms with Gasteiger partial charge in [0.25, 0.3) is 0 Å². The summed E-state index contributed by atoms with van der Waals surface area (Å²) in [6, 6.07) is 14.3. The van der Waals surface area contributed by atoms with E-state index in [1.54, 1.807) is 39.0 Å². The summed E-state index contributed by atoms with van der Waals surface area (Å²) in [5.74, 6) is -2.46. The molecule has 39 heavy (non-hydrogen) atoms. The number of carbonyl (C=O) groups is 3. The fourth-order valence-corrected chi connectivity index (χ4v) is 4.78. The topological polar surface area (TPSA) is 121 Å². The van der Waals surface area contributed by atoms with E-state index in [1.807, 2.05) is 30.3 Å². The largest absolute Gasteiger partial charge is 0.466 e. The van der Waals surface area contributed by atoms with Gasteiger partial charge in [-0.2, -0.15) is 0 Å². The number of hydrogen-bond acceptors (Lipinski definition) is 9. The Bertz CT molecular complexity index is 1580. The molecule has 1 N–H and O–H groups in total. The average molecular weight is 532 g/mol. The van der Waals surface area contributed by atoms with Gasteiger partial charge in [-0.05, 0) is 26.8 Å². The number of nitrogens with one attached hydrogen (secondary N) is 1. The molecule has 9 heteroatoms. The third kappa shape index (κ3) is 5.34. The summed E-state index contributed by atoms with van der Waals surface area (Å²) in [5.41, 5.74) is 2.84. The van der Waals surface area contributed by atoms with E-state index in [0.717, 1.165) is 0 Å². The lowest BCUT2D eigenvalue weighted by atomic mass is 9.79. The number of para-hydroxylation sites is 1. The molecule has 3 aromatic rings. The summed E-state index contributed by atoms with van der Waals surface area (Å²) in [6.07, 6.45) is 0. The monoisotopic (exact) mass is 531 g/mol. The summed E-state index contributed by atoms with van der Waals surface area (Å²) < 4.78 is 21.8. The molecule has 1 aliphatic heterocycles. The summed E-state index contributed by atoms with van der Waals surface area (Å²) in [5, 5.41) is 3.38. The zero-order chi connectivity index (χ0) is 28.3. The van der Waals surface area contributed by atoms with E-state index in [0.29, 0.717) is 39.2 Å². The molecule has 0 bridgehead atoms. The molecule has 0 aliphatic carbocycles. The van der Waals surface area contributed by atoms with Crippen LogP contribution in [-0.4, -0.2) is 38.2 Å². The quantitative estimate of drug-likeness (QED) is 0.270. The van der Waals surface area contributed by atoms with Crippen LogP contribution in [0.25, 0.3) is 22.3 Å². The Morgan fingerprint density at radius 2 is 1.51 bits per heavy atom. The minimum absolute atomic E-state index is 0.118. The van der Waals surface area contributed by atoms with Gasteiger partial charge in [0, 0.05) is 35.0 Å². The molecule has 0 saturated heterocycles. The standard InChI is InChI=1S/C30H29NO8/c1-16-26(33)22-13-9-12-21(28(22)39-27(16)20-10-7-6-8-11-20)25-23(29(34)36-5)17(2)31-18(3)24(25)30(35)38-15-14-37-19(4)32/h6-13,25,31H,14-15H2,1-5H3. The number of hydrogen-bond donors (Lipinski definition) is 1. The van der Waals surface area contributed by atoms with Crippen LogP contribution >= 0.6 is 0 Å². The molecule has 2 aromatic carbocycles. The first kappa shape index (κ1) is 27.4. The van der Waals surface area contributed by atoms with Crippen molar-refractivity contribution in [2.45, 2.75) is 33.6 Å². The molecule has 1 atom stereocenters. The Hall–Kier alpha value is -4.66. The highest BCUT2D eigenvalue weighted by atomic mass is 16.6. The van der Waals surface area contributed by atoms with Gasteiger partial charge >= 0.3 is 17.9 Å². The van der Waals surface area contributed by atoms with E-state index in [4.69, 9.17) is 18.6 Å². The highest BCUT2D eigenvalue weighted by Crippen LogP contribution is 2.42. The normalized spacial score (nSPS) is 15.2. The van der Waals surface area contributed by atoms with Gasteiger partial charge in [0.05, 0.1) is 29.6 Å². The molecule has 1 aliphatic rings. The number of rotatable bonds is 7. The van der Waals surface area contributed by atoms with Gasteiger partial charge in [0.2, 0.25) is 0 Å². The SMILES string of the molecule is COC(=O)C1=C(C)NC(C)=C(C(=O)OCCOC(C)=O)C1c1cccc2c(=O)c(C)c(-c3ccccc3)oc12. The van der Waals surface area contributed by atoms with E-state index < -0.39 is 23.8 Å². The van der Waals surface area contributed by atoms with Crippen LogP contribution in [0.4, 0.5) is 0 Å². The van der Waals surface area contributed by atoms with Gasteiger partial charge in [-0.15, -0.1) is 0 Å². The molecular weight excluding hydrogens is 502 g/mol. The maximum Gasteiger partial charge on any atom is 0.336 e. The molecule has 1 aromatic heterocycles. The van der Waals surface area contributed by atoms with Crippen molar-refractivity contribution >= 4 is 28.9 Å². The van der Waals surface area contributed by atoms with Crippen LogP contribution in [0.5, 0.6) is 0 Å². The van der Waals surface area contributed by atoms with Crippen molar-refractivity contribution in [2.24, 2.45) is 0 Å². The van der Waals surface area contributed by atoms with E-state index in [-0.39, 0.29) is 35.4 Å². The summed E-state index contributed by atoms with van der Waals surface area (Å²) in [4.78, 5) is 51.1. The Morgan fingerprint density at radius 1 is 0.872 bits per heavy atom. The Morgan fingerprint density at radius 3 is 2.15 bits per heavy atom. The second-order valence-corrected chi connectivity index (χ2v) is 9.08. The van der Waals surface area contributed by atoms with Crippen molar-refractivity contribution in [3.8, 4) is 11.3 Å². The maximum absolute atomic E-state index is 13.5. The molecule has 1 unspecified atom stereocenters. The number of carbonyl (C=O) groups excluding carboxylic acids is 3. The van der Waals surface area contributed by atoms with Crippen molar-refractivity contribution in [2.75, 3.05) is 20.3 Å². The second-order valence-electron chi connectivity index (χ2n) is 9.08. The van der Waals surface area contributed by atoms with Crippen molar-refractivity contribution < 1.29 is 33.0 Å². The first-order valence-corrected chi connectivity index (χ1v) is 12.3. The summed E-state index contributed by atoms with van der Waals surface area (Å²) in [7, 11) is 1.25. The molecule has 0 fully saturated rings. The van der Waals surface area contributed by atoms with Crippen molar-refractivity contribution in [1.29, 1.82) is 0 Å². The van der Waals surface area contributed by atoms with Gasteiger partial charge in [-0.1, -0.05) is 42.5 Å². The summed E-state index contributed by atoms with van der Waals surface area (Å²) >= 11 is 0. The maximum atomic E-state index is 13.5. The first-order valence-electron chi connectivity index (χ1n) is 12.3. The van der Waals surface area contributed by atoms with E-state index >= 15 is 0 Å². The van der Waals surface area contributed by atoms with Gasteiger partial charge in [-0.25, -0.2) is 9.59 Å². The number of esters is 3. The zero-order valence-corrected chi connectivity index (χ0v) is 22.4. The molecular formula is C30H29NO8. The van der Waals surface area contributed by atoms with Crippen LogP contribution in [0.1, 0.15) is 37.8 Å².